The molecule has 62 heavy (non-hydrogen) atoms. The van der Waals surface area contributed by atoms with Crippen molar-refractivity contribution in [2.75, 3.05) is 13.1 Å². The molecule has 0 bridgehead atoms. The van der Waals surface area contributed by atoms with E-state index in [-0.39, 0.29) is 19.5 Å². The van der Waals surface area contributed by atoms with Crippen LogP contribution in [0, 0.1) is 0 Å². The summed E-state index contributed by atoms with van der Waals surface area (Å²) in [6.07, 6.45) is 14.0. The zero-order valence-electron chi connectivity index (χ0n) is 33.3. The van der Waals surface area contributed by atoms with Crippen molar-refractivity contribution in [2.24, 2.45) is 0 Å². The molecular weight excluding hydrogens is 956 g/mol. The summed E-state index contributed by atoms with van der Waals surface area (Å²) in [7, 11) is -19.1. The normalized spacial score (nSPS) is 16.4. The van der Waals surface area contributed by atoms with Crippen LogP contribution in [0.5, 0.6) is 0 Å². The van der Waals surface area contributed by atoms with E-state index >= 15 is 0 Å². The number of halogens is 12. The van der Waals surface area contributed by atoms with Crippen molar-refractivity contribution in [3.05, 3.63) is 182 Å². The molecule has 1 saturated heterocycles. The van der Waals surface area contributed by atoms with E-state index in [0.29, 0.717) is 11.3 Å². The molecule has 0 radical (unpaired) electrons. The summed E-state index contributed by atoms with van der Waals surface area (Å²) in [6.45, 7) is 3.24. The number of benzene rings is 5. The first kappa shape index (κ1) is 54.5. The van der Waals surface area contributed by atoms with Crippen LogP contribution in [-0.2, 0) is 26.0 Å². The molecule has 0 N–H and O–H groups in total. The summed E-state index contributed by atoms with van der Waals surface area (Å²) in [5, 5.41) is 5.95. The van der Waals surface area contributed by atoms with E-state index in [2.05, 4.69) is 181 Å². The maximum absolute atomic E-state index is 9.75. The minimum absolute atomic E-state index is 0. The van der Waals surface area contributed by atoms with Crippen molar-refractivity contribution in [3.8, 4) is 0 Å². The topological polar surface area (TPSA) is 3.24 Å². The predicted octanol–water partition coefficient (Wildman–Crippen LogP) is 13.1. The molecular formula is C43H45B3F12NP2Rh. The van der Waals surface area contributed by atoms with Crippen LogP contribution in [-0.4, -0.2) is 51.1 Å². The molecule has 1 heterocycles. The molecule has 0 unspecified atom stereocenters. The molecule has 2 aliphatic rings. The second-order valence-corrected chi connectivity index (χ2v) is 18.4. The van der Waals surface area contributed by atoms with Gasteiger partial charge in [-0.3, -0.25) is 4.90 Å². The predicted molar refractivity (Wildman–Crippen MR) is 235 cm³/mol. The standard InChI is InChI=1S/C35H33NP2.C8H12.3BF4.Rh/c1-6-16-29(17-7-1)26-36-27-34(37(30-18-8-2-9-19-30)31-20-10-3-11-21-31)35(28-36)38(32-22-12-4-13-23-32)33-24-14-5-15-25-33;1-2-4-6-8-7-5-3-1;3*2-1(3,4)5;/h1-25,34-35H,26-28H2;1-4H,5-8H2;;;;/q;;3*-1;+3/t34-,35-;;;;;/m1...../s1. The molecule has 19 heteroatoms. The molecule has 1 fully saturated rings. The molecule has 0 saturated carbocycles. The van der Waals surface area contributed by atoms with Crippen LogP contribution in [0.15, 0.2) is 176 Å². The average Bonchev–Trinajstić information content (AvgIpc) is 3.57. The van der Waals surface area contributed by atoms with Gasteiger partial charge in [0.1, 0.15) is 0 Å². The fourth-order valence-corrected chi connectivity index (χ4v) is 13.2. The van der Waals surface area contributed by atoms with Crippen molar-refractivity contribution in [3.63, 3.8) is 0 Å². The van der Waals surface area contributed by atoms with E-state index in [0.717, 1.165) is 19.6 Å². The van der Waals surface area contributed by atoms with Gasteiger partial charge in [-0.2, -0.15) is 0 Å². The number of allylic oxidation sites excluding steroid dienone is 4. The van der Waals surface area contributed by atoms with Crippen LogP contribution in [0.25, 0.3) is 0 Å². The van der Waals surface area contributed by atoms with E-state index in [1.165, 1.54) is 52.5 Å². The van der Waals surface area contributed by atoms with Crippen molar-refractivity contribution < 1.29 is 71.3 Å². The first-order chi connectivity index (χ1) is 28.9. The summed E-state index contributed by atoms with van der Waals surface area (Å²) in [4.78, 5) is 2.73. The van der Waals surface area contributed by atoms with E-state index in [1.807, 2.05) is 0 Å². The van der Waals surface area contributed by atoms with Crippen LogP contribution in [0.2, 0.25) is 0 Å². The van der Waals surface area contributed by atoms with Gasteiger partial charge < -0.3 is 51.8 Å². The van der Waals surface area contributed by atoms with E-state index in [4.69, 9.17) is 0 Å². The molecule has 5 aromatic rings. The molecule has 7 rings (SSSR count). The van der Waals surface area contributed by atoms with Gasteiger partial charge in [0.15, 0.2) is 0 Å². The molecule has 0 amide bonds. The Labute approximate surface area is 371 Å². The van der Waals surface area contributed by atoms with Gasteiger partial charge in [-0.15, -0.1) is 0 Å². The molecule has 2 atom stereocenters. The summed E-state index contributed by atoms with van der Waals surface area (Å²) in [5.41, 5.74) is 2.52. The summed E-state index contributed by atoms with van der Waals surface area (Å²) >= 11 is 0. The van der Waals surface area contributed by atoms with Gasteiger partial charge in [0.05, 0.1) is 0 Å². The zero-order valence-corrected chi connectivity index (χ0v) is 36.7. The van der Waals surface area contributed by atoms with Gasteiger partial charge in [0.2, 0.25) is 0 Å². The molecule has 334 valence electrons. The molecule has 1 aliphatic carbocycles. The van der Waals surface area contributed by atoms with Gasteiger partial charge >= 0.3 is 41.2 Å². The Morgan fingerprint density at radius 3 is 0.903 bits per heavy atom. The van der Waals surface area contributed by atoms with Crippen LogP contribution >= 0.6 is 15.8 Å². The average molecular weight is 1000 g/mol. The van der Waals surface area contributed by atoms with E-state index in [9.17, 15) is 51.8 Å². The van der Waals surface area contributed by atoms with Crippen LogP contribution in [0.4, 0.5) is 51.8 Å². The molecule has 0 spiro atoms. The Balaban J connectivity index is 0.000000452. The molecule has 1 aliphatic heterocycles. The third-order valence-electron chi connectivity index (χ3n) is 8.76. The monoisotopic (exact) mass is 1000 g/mol. The minimum atomic E-state index is -6.00. The van der Waals surface area contributed by atoms with Gasteiger partial charge in [0, 0.05) is 31.0 Å². The Kier molecular flexibility index (Phi) is 24.8. The summed E-state index contributed by atoms with van der Waals surface area (Å²) in [5.74, 6) is 0. The second kappa shape index (κ2) is 28.2. The van der Waals surface area contributed by atoms with Crippen molar-refractivity contribution in [2.45, 2.75) is 43.5 Å². The van der Waals surface area contributed by atoms with Gasteiger partial charge in [-0.05, 0) is 68.3 Å². The zero-order chi connectivity index (χ0) is 44.7. The second-order valence-electron chi connectivity index (χ2n) is 13.5. The molecule has 0 aromatic heterocycles. The van der Waals surface area contributed by atoms with E-state index < -0.39 is 37.6 Å². The maximum Gasteiger partial charge on any atom is 3.00 e. The third kappa shape index (κ3) is 24.3. The van der Waals surface area contributed by atoms with Crippen molar-refractivity contribution in [1.29, 1.82) is 0 Å². The maximum atomic E-state index is 9.75. The number of nitrogens with zero attached hydrogens (tertiary/aromatic N) is 1. The summed E-state index contributed by atoms with van der Waals surface area (Å²) in [6, 6.07) is 56.3. The number of hydrogen-bond acceptors (Lipinski definition) is 1. The Hall–Kier alpha value is -3.62. The third-order valence-corrected chi connectivity index (χ3v) is 14.8. The fraction of sp³-hybridized carbons (Fsp3) is 0.209. The van der Waals surface area contributed by atoms with E-state index in [1.54, 1.807) is 0 Å². The smallest absolute Gasteiger partial charge is 0.418 e. The van der Waals surface area contributed by atoms with Crippen LogP contribution < -0.4 is 21.2 Å². The van der Waals surface area contributed by atoms with Crippen molar-refractivity contribution >= 4 is 58.8 Å². The first-order valence-corrected chi connectivity index (χ1v) is 22.2. The Bertz CT molecular complexity index is 1740. The first-order valence-electron chi connectivity index (χ1n) is 19.4. The fourth-order valence-electron chi connectivity index (χ4n) is 6.62. The molecule has 1 nitrogen and oxygen atoms in total. The van der Waals surface area contributed by atoms with Gasteiger partial charge in [0.25, 0.3) is 0 Å². The minimum Gasteiger partial charge on any atom is -0.418 e. The largest absolute Gasteiger partial charge is 3.00 e. The summed E-state index contributed by atoms with van der Waals surface area (Å²) < 4.78 is 117. The Morgan fingerprint density at radius 2 is 0.645 bits per heavy atom. The number of rotatable bonds is 8. The quantitative estimate of drug-likeness (QED) is 0.0851. The van der Waals surface area contributed by atoms with Crippen LogP contribution in [0.3, 0.4) is 0 Å². The number of hydrogen-bond donors (Lipinski definition) is 0. The SMILES string of the molecule is C1=CCCCCC=C1.F[B-](F)(F)F.F[B-](F)(F)F.F[B-](F)(F)F.[Rh+3].c1ccc(CN2C[C@@H](P(c3ccccc3)c3ccccc3)[C@H](P(c3ccccc3)c3ccccc3)C2)cc1. The molecule has 5 aromatic carbocycles. The van der Waals surface area contributed by atoms with Crippen LogP contribution in [0.1, 0.15) is 31.2 Å². The Morgan fingerprint density at radius 1 is 0.403 bits per heavy atom. The van der Waals surface area contributed by atoms with Crippen molar-refractivity contribution in [1.82, 2.24) is 4.90 Å². The van der Waals surface area contributed by atoms with Gasteiger partial charge in [-0.1, -0.05) is 176 Å². The van der Waals surface area contributed by atoms with Gasteiger partial charge in [-0.25, -0.2) is 0 Å². The number of likely N-dealkylation sites (tertiary alicyclic amines) is 1.